The zero-order valence-electron chi connectivity index (χ0n) is 46.7. The standard InChI is InChI=1S/C72H58N4/c1-49(2)63-12-4-6-14-65(63)68-46-72(76-48-50(68)3)61-38-39-67(69(45-61)58-36-34-57(35-37-58)56-28-26-53(47-73)27-29-56)66-15-7-5-13-64(66)62-43-54(20-18-51-22-30-59(31-23-51)70-16-8-10-40-74-70)42-55(44-62)21-19-52-24-32-60(33-25-52)71-17-9-11-41-75-71/h4-17,22-46,48-49H,18-21H2,1-3H3/i3D3,49D. The lowest BCUT2D eigenvalue weighted by Gasteiger charge is -2.19. The Bertz CT molecular complexity index is 3890. The number of pyridine rings is 3. The third kappa shape index (κ3) is 11.0. The van der Waals surface area contributed by atoms with Gasteiger partial charge in [-0.15, -0.1) is 0 Å². The molecule has 0 radical (unpaired) electrons. The quantitative estimate of drug-likeness (QED) is 0.103. The lowest BCUT2D eigenvalue weighted by atomic mass is 9.86. The Morgan fingerprint density at radius 2 is 0.895 bits per heavy atom. The minimum Gasteiger partial charge on any atom is -0.256 e. The van der Waals surface area contributed by atoms with E-state index in [9.17, 15) is 5.26 Å². The molecule has 8 aromatic carbocycles. The Morgan fingerprint density at radius 1 is 0.395 bits per heavy atom. The fourth-order valence-electron chi connectivity index (χ4n) is 10.3. The molecule has 3 aromatic heterocycles. The maximum atomic E-state index is 9.49. The molecule has 0 fully saturated rings. The lowest BCUT2D eigenvalue weighted by Crippen LogP contribution is -1.98. The topological polar surface area (TPSA) is 62.5 Å². The summed E-state index contributed by atoms with van der Waals surface area (Å²) in [5.41, 5.74) is 21.7. The van der Waals surface area contributed by atoms with Crippen LogP contribution in [0.25, 0.3) is 89.4 Å². The highest BCUT2D eigenvalue weighted by Crippen LogP contribution is 2.42. The van der Waals surface area contributed by atoms with Crippen molar-refractivity contribution in [2.75, 3.05) is 0 Å². The van der Waals surface area contributed by atoms with E-state index < -0.39 is 12.7 Å². The van der Waals surface area contributed by atoms with E-state index in [-0.39, 0.29) is 5.56 Å². The molecule has 0 aliphatic heterocycles. The van der Waals surface area contributed by atoms with Gasteiger partial charge in [-0.25, -0.2) is 0 Å². The van der Waals surface area contributed by atoms with Crippen molar-refractivity contribution in [1.29, 1.82) is 5.26 Å². The van der Waals surface area contributed by atoms with Gasteiger partial charge in [-0.05, 0) is 176 Å². The van der Waals surface area contributed by atoms with E-state index >= 15 is 0 Å². The van der Waals surface area contributed by atoms with Gasteiger partial charge in [-0.2, -0.15) is 5.26 Å². The van der Waals surface area contributed by atoms with Gasteiger partial charge in [0.05, 0.1) is 28.7 Å². The van der Waals surface area contributed by atoms with Crippen molar-refractivity contribution in [3.63, 3.8) is 0 Å². The molecular weight excluding hydrogens is 921 g/mol. The fourth-order valence-corrected chi connectivity index (χ4v) is 10.3. The summed E-state index contributed by atoms with van der Waals surface area (Å²) in [6, 6.07) is 79.6. The minimum absolute atomic E-state index is 0.140. The van der Waals surface area contributed by atoms with Crippen LogP contribution in [-0.2, 0) is 25.7 Å². The summed E-state index contributed by atoms with van der Waals surface area (Å²) in [5, 5.41) is 9.49. The van der Waals surface area contributed by atoms with Gasteiger partial charge in [0.25, 0.3) is 0 Å². The van der Waals surface area contributed by atoms with Gasteiger partial charge in [0.15, 0.2) is 0 Å². The van der Waals surface area contributed by atoms with Gasteiger partial charge in [0.1, 0.15) is 0 Å². The molecule has 0 amide bonds. The van der Waals surface area contributed by atoms with Gasteiger partial charge in [0.2, 0.25) is 0 Å². The third-order valence-corrected chi connectivity index (χ3v) is 14.3. The highest BCUT2D eigenvalue weighted by Gasteiger charge is 2.18. The molecule has 4 heteroatoms. The largest absolute Gasteiger partial charge is 0.256 e. The Hall–Kier alpha value is -9.30. The molecule has 0 aliphatic rings. The molecule has 0 bridgehead atoms. The molecule has 76 heavy (non-hydrogen) atoms. The second-order valence-corrected chi connectivity index (χ2v) is 19.6. The normalized spacial score (nSPS) is 12.2. The van der Waals surface area contributed by atoms with E-state index in [0.29, 0.717) is 22.4 Å². The molecule has 0 saturated carbocycles. The molecule has 0 atom stereocenters. The second-order valence-electron chi connectivity index (χ2n) is 19.6. The van der Waals surface area contributed by atoms with Gasteiger partial charge in [0, 0.05) is 40.8 Å². The molecule has 0 saturated heterocycles. The first-order chi connectivity index (χ1) is 38.8. The Kier molecular flexibility index (Phi) is 13.1. The summed E-state index contributed by atoms with van der Waals surface area (Å²) in [7, 11) is 0. The van der Waals surface area contributed by atoms with Crippen molar-refractivity contribution in [2.24, 2.45) is 0 Å². The number of aryl methyl sites for hydroxylation is 5. The average molecular weight is 983 g/mol. The SMILES string of the molecule is [2H]C([2H])([2H])c1cnc(-c2ccc(-c3ccccc3-c3cc(CCc4ccc(-c5ccccn5)cc4)cc(CCc4ccc(-c5ccccn5)cc4)c3)c(-c3ccc(-c4ccc(C#N)cc4)cc3)c2)cc1-c1ccccc1C([2H])(C)C. The van der Waals surface area contributed by atoms with Gasteiger partial charge >= 0.3 is 0 Å². The summed E-state index contributed by atoms with van der Waals surface area (Å²) >= 11 is 0. The van der Waals surface area contributed by atoms with Crippen LogP contribution in [0.3, 0.4) is 0 Å². The van der Waals surface area contributed by atoms with Crippen LogP contribution < -0.4 is 0 Å². The molecule has 0 N–H and O–H groups in total. The van der Waals surface area contributed by atoms with Crippen molar-refractivity contribution in [3.8, 4) is 95.5 Å². The monoisotopic (exact) mass is 982 g/mol. The molecule has 4 nitrogen and oxygen atoms in total. The molecule has 0 aliphatic carbocycles. The predicted octanol–water partition coefficient (Wildman–Crippen LogP) is 18.1. The molecule has 0 unspecified atom stereocenters. The van der Waals surface area contributed by atoms with Crippen LogP contribution in [0.2, 0.25) is 0 Å². The van der Waals surface area contributed by atoms with E-state index in [0.717, 1.165) is 104 Å². The van der Waals surface area contributed by atoms with Crippen LogP contribution in [0.4, 0.5) is 0 Å². The molecule has 0 spiro atoms. The summed E-state index contributed by atoms with van der Waals surface area (Å²) in [4.78, 5) is 14.0. The summed E-state index contributed by atoms with van der Waals surface area (Å²) in [6.07, 6.45) is 8.61. The Labute approximate surface area is 453 Å². The Morgan fingerprint density at radius 3 is 1.46 bits per heavy atom. The maximum absolute atomic E-state index is 9.49. The van der Waals surface area contributed by atoms with Crippen molar-refractivity contribution in [1.82, 2.24) is 15.0 Å². The minimum atomic E-state index is -2.44. The summed E-state index contributed by atoms with van der Waals surface area (Å²) in [5.74, 6) is -0.987. The van der Waals surface area contributed by atoms with Crippen molar-refractivity contribution in [3.05, 3.63) is 282 Å². The first-order valence-corrected chi connectivity index (χ1v) is 25.9. The molecule has 11 rings (SSSR count). The second kappa shape index (κ2) is 22.4. The van der Waals surface area contributed by atoms with Crippen molar-refractivity contribution in [2.45, 2.75) is 52.3 Å². The number of aromatic nitrogens is 3. The zero-order chi connectivity index (χ0) is 55.2. The van der Waals surface area contributed by atoms with Crippen molar-refractivity contribution < 1.29 is 5.48 Å². The smallest absolute Gasteiger partial charge is 0.0991 e. The highest BCUT2D eigenvalue weighted by atomic mass is 14.7. The van der Waals surface area contributed by atoms with Crippen LogP contribution in [0.1, 0.15) is 64.2 Å². The van der Waals surface area contributed by atoms with Crippen LogP contribution in [0.5, 0.6) is 0 Å². The van der Waals surface area contributed by atoms with Crippen LogP contribution in [0, 0.1) is 18.2 Å². The fraction of sp³-hybridized carbons (Fsp3) is 0.111. The maximum Gasteiger partial charge on any atom is 0.0991 e. The number of hydrogen-bond acceptors (Lipinski definition) is 4. The number of hydrogen-bond donors (Lipinski definition) is 0. The van der Waals surface area contributed by atoms with E-state index in [1.165, 1.54) is 28.5 Å². The first-order valence-electron chi connectivity index (χ1n) is 27.9. The van der Waals surface area contributed by atoms with E-state index in [1.54, 1.807) is 0 Å². The van der Waals surface area contributed by atoms with E-state index in [2.05, 4.69) is 149 Å². The van der Waals surface area contributed by atoms with Crippen molar-refractivity contribution >= 4 is 0 Å². The molecule has 11 aromatic rings. The highest BCUT2D eigenvalue weighted by molar-refractivity contribution is 5.94. The van der Waals surface area contributed by atoms with Crippen LogP contribution in [0.15, 0.2) is 243 Å². The first kappa shape index (κ1) is 44.2. The predicted molar refractivity (Wildman–Crippen MR) is 315 cm³/mol. The van der Waals surface area contributed by atoms with Crippen LogP contribution >= 0.6 is 0 Å². The average Bonchev–Trinajstić information content (AvgIpc) is 3.65. The van der Waals surface area contributed by atoms with Gasteiger partial charge < -0.3 is 0 Å². The zero-order valence-corrected chi connectivity index (χ0v) is 42.7. The Balaban J connectivity index is 1.01. The van der Waals surface area contributed by atoms with E-state index in [1.807, 2.05) is 117 Å². The molecule has 366 valence electrons. The molecular formula is C72H58N4. The number of nitrogens with zero attached hydrogens (tertiary/aromatic N) is 4. The van der Waals surface area contributed by atoms with Gasteiger partial charge in [-0.3, -0.25) is 15.0 Å². The van der Waals surface area contributed by atoms with Gasteiger partial charge in [-0.1, -0.05) is 190 Å². The molecule has 3 heterocycles. The number of benzene rings is 8. The van der Waals surface area contributed by atoms with Crippen LogP contribution in [-0.4, -0.2) is 15.0 Å². The van der Waals surface area contributed by atoms with E-state index in [4.69, 9.17) is 10.5 Å². The number of rotatable bonds is 15. The summed E-state index contributed by atoms with van der Waals surface area (Å²) in [6.45, 7) is 1.21. The third-order valence-electron chi connectivity index (χ3n) is 14.3. The summed E-state index contributed by atoms with van der Waals surface area (Å²) < 4.78 is 34.8. The number of nitriles is 1. The lowest BCUT2D eigenvalue weighted by molar-refractivity contribution is 0.869.